The van der Waals surface area contributed by atoms with Crippen LogP contribution in [0.15, 0.2) is 45.6 Å². The molecule has 1 aliphatic heterocycles. The number of aromatic hydroxyl groups is 2. The molecule has 6 heteroatoms. The van der Waals surface area contributed by atoms with Crippen LogP contribution in [0.1, 0.15) is 24.8 Å². The zero-order valence-electron chi connectivity index (χ0n) is 15.8. The fraction of sp³-hybridized carbons (Fsp3) is 0.318. The fourth-order valence-corrected chi connectivity index (χ4v) is 3.81. The van der Waals surface area contributed by atoms with E-state index in [1.165, 1.54) is 19.6 Å². The lowest BCUT2D eigenvalue weighted by Gasteiger charge is -2.27. The number of phenolic OH excluding ortho intramolecular Hbond substituents is 2. The summed E-state index contributed by atoms with van der Waals surface area (Å²) in [6.07, 6.45) is 3.34. The van der Waals surface area contributed by atoms with E-state index in [2.05, 4.69) is 4.90 Å². The lowest BCUT2D eigenvalue weighted by Crippen LogP contribution is -2.29. The van der Waals surface area contributed by atoms with Gasteiger partial charge in [-0.25, -0.2) is 0 Å². The second-order valence-corrected chi connectivity index (χ2v) is 7.09. The maximum Gasteiger partial charge on any atom is 0.205 e. The Morgan fingerprint density at radius 1 is 1.07 bits per heavy atom. The van der Waals surface area contributed by atoms with Crippen molar-refractivity contribution in [2.75, 3.05) is 20.2 Å². The highest BCUT2D eigenvalue weighted by Crippen LogP contribution is 2.45. The van der Waals surface area contributed by atoms with Crippen molar-refractivity contribution in [2.45, 2.75) is 25.8 Å². The topological polar surface area (TPSA) is 83.1 Å². The first-order valence-electron chi connectivity index (χ1n) is 9.46. The second kappa shape index (κ2) is 7.56. The van der Waals surface area contributed by atoms with Crippen molar-refractivity contribution in [3.8, 4) is 28.6 Å². The maximum atomic E-state index is 12.8. The Labute approximate surface area is 162 Å². The molecule has 4 rings (SSSR count). The number of ether oxygens (including phenoxy) is 1. The normalized spacial score (nSPS) is 15.0. The van der Waals surface area contributed by atoms with Gasteiger partial charge in [0.25, 0.3) is 0 Å². The van der Waals surface area contributed by atoms with E-state index in [0.29, 0.717) is 17.9 Å². The van der Waals surface area contributed by atoms with E-state index in [4.69, 9.17) is 9.15 Å². The fourth-order valence-electron chi connectivity index (χ4n) is 3.81. The average molecular weight is 381 g/mol. The van der Waals surface area contributed by atoms with Gasteiger partial charge >= 0.3 is 0 Å². The molecular weight excluding hydrogens is 358 g/mol. The molecule has 1 aliphatic rings. The standard InChI is InChI=1S/C22H23NO5/c1-27-22-20(26)15(13-23-10-6-3-7-11-23)19(25)18-16(24)12-17(28-21(18)22)14-8-4-2-5-9-14/h2,4-5,8-9,12,25-26H,3,6-7,10-11,13H2,1H3. The first kappa shape index (κ1) is 18.4. The second-order valence-electron chi connectivity index (χ2n) is 7.09. The zero-order valence-corrected chi connectivity index (χ0v) is 15.8. The van der Waals surface area contributed by atoms with Gasteiger partial charge in [-0.2, -0.15) is 0 Å². The van der Waals surface area contributed by atoms with Gasteiger partial charge in [-0.05, 0) is 25.9 Å². The SMILES string of the molecule is COc1c(O)c(CN2CCCCC2)c(O)c2c(=O)cc(-c3ccccc3)oc12. The van der Waals surface area contributed by atoms with Gasteiger partial charge in [0.2, 0.25) is 5.75 Å². The minimum atomic E-state index is -0.379. The molecule has 0 aliphatic carbocycles. The van der Waals surface area contributed by atoms with Gasteiger partial charge in [-0.15, -0.1) is 0 Å². The molecule has 1 fully saturated rings. The molecular formula is C22H23NO5. The highest BCUT2D eigenvalue weighted by Gasteiger charge is 2.26. The molecule has 1 saturated heterocycles. The lowest BCUT2D eigenvalue weighted by atomic mass is 10.0. The number of phenols is 2. The van der Waals surface area contributed by atoms with Crippen LogP contribution < -0.4 is 10.2 Å². The van der Waals surface area contributed by atoms with Gasteiger partial charge < -0.3 is 19.4 Å². The van der Waals surface area contributed by atoms with Crippen LogP contribution in [0.2, 0.25) is 0 Å². The molecule has 146 valence electrons. The summed E-state index contributed by atoms with van der Waals surface area (Å²) in [7, 11) is 1.41. The molecule has 28 heavy (non-hydrogen) atoms. The van der Waals surface area contributed by atoms with Crippen LogP contribution in [-0.4, -0.2) is 35.3 Å². The molecule has 3 aromatic rings. The van der Waals surface area contributed by atoms with E-state index in [-0.39, 0.29) is 33.6 Å². The van der Waals surface area contributed by atoms with E-state index in [1.54, 1.807) is 0 Å². The van der Waals surface area contributed by atoms with Gasteiger partial charge in [-0.1, -0.05) is 36.8 Å². The monoisotopic (exact) mass is 381 g/mol. The van der Waals surface area contributed by atoms with Crippen LogP contribution in [0.4, 0.5) is 0 Å². The summed E-state index contributed by atoms with van der Waals surface area (Å²) < 4.78 is 11.3. The number of benzene rings is 2. The molecule has 0 saturated carbocycles. The van der Waals surface area contributed by atoms with Gasteiger partial charge in [0, 0.05) is 18.2 Å². The van der Waals surface area contributed by atoms with Crippen LogP contribution in [0.25, 0.3) is 22.3 Å². The van der Waals surface area contributed by atoms with E-state index >= 15 is 0 Å². The molecule has 2 heterocycles. The predicted octanol–water partition coefficient (Wildman–Crippen LogP) is 3.87. The maximum absolute atomic E-state index is 12.8. The lowest BCUT2D eigenvalue weighted by molar-refractivity contribution is 0.215. The van der Waals surface area contributed by atoms with Crippen LogP contribution >= 0.6 is 0 Å². The molecule has 0 spiro atoms. The molecule has 6 nitrogen and oxygen atoms in total. The number of fused-ring (bicyclic) bond motifs is 1. The molecule has 0 bridgehead atoms. The Hall–Kier alpha value is -2.99. The molecule has 0 unspecified atom stereocenters. The largest absolute Gasteiger partial charge is 0.507 e. The Morgan fingerprint density at radius 3 is 2.46 bits per heavy atom. The number of methoxy groups -OCH3 is 1. The minimum Gasteiger partial charge on any atom is -0.507 e. The summed E-state index contributed by atoms with van der Waals surface area (Å²) in [6, 6.07) is 10.6. The number of nitrogens with zero attached hydrogens (tertiary/aromatic N) is 1. The molecule has 1 aromatic heterocycles. The molecule has 2 aromatic carbocycles. The Morgan fingerprint density at radius 2 is 1.79 bits per heavy atom. The van der Waals surface area contributed by atoms with Crippen molar-refractivity contribution >= 4 is 11.0 Å². The summed E-state index contributed by atoms with van der Waals surface area (Å²) in [5.41, 5.74) is 0.688. The quantitative estimate of drug-likeness (QED) is 0.714. The number of piperidine rings is 1. The third kappa shape index (κ3) is 3.20. The number of hydrogen-bond donors (Lipinski definition) is 2. The number of hydrogen-bond acceptors (Lipinski definition) is 6. The van der Waals surface area contributed by atoms with E-state index in [9.17, 15) is 15.0 Å². The van der Waals surface area contributed by atoms with Crippen molar-refractivity contribution in [3.05, 3.63) is 52.2 Å². The van der Waals surface area contributed by atoms with Crippen LogP contribution in [0.5, 0.6) is 17.2 Å². The third-order valence-corrected chi connectivity index (χ3v) is 5.27. The summed E-state index contributed by atoms with van der Waals surface area (Å²) in [4.78, 5) is 15.0. The summed E-state index contributed by atoms with van der Waals surface area (Å²) in [6.45, 7) is 2.13. The Balaban J connectivity index is 1.90. The molecule has 0 radical (unpaired) electrons. The number of rotatable bonds is 4. The van der Waals surface area contributed by atoms with E-state index < -0.39 is 0 Å². The van der Waals surface area contributed by atoms with Crippen molar-refractivity contribution < 1.29 is 19.4 Å². The highest BCUT2D eigenvalue weighted by molar-refractivity contribution is 5.93. The number of likely N-dealkylation sites (tertiary alicyclic amines) is 1. The van der Waals surface area contributed by atoms with Crippen molar-refractivity contribution in [2.24, 2.45) is 0 Å². The third-order valence-electron chi connectivity index (χ3n) is 5.27. The molecule has 2 N–H and O–H groups in total. The van der Waals surface area contributed by atoms with Crippen molar-refractivity contribution in [3.63, 3.8) is 0 Å². The summed E-state index contributed by atoms with van der Waals surface area (Å²) in [5, 5.41) is 21.6. The first-order chi connectivity index (χ1) is 13.6. The molecule has 0 amide bonds. The highest BCUT2D eigenvalue weighted by atomic mass is 16.5. The van der Waals surface area contributed by atoms with Crippen LogP contribution in [-0.2, 0) is 6.54 Å². The first-order valence-corrected chi connectivity index (χ1v) is 9.46. The van der Waals surface area contributed by atoms with Crippen LogP contribution in [0, 0.1) is 0 Å². The average Bonchev–Trinajstić information content (AvgIpc) is 2.72. The minimum absolute atomic E-state index is 0.0290. The Kier molecular flexibility index (Phi) is 4.96. The summed E-state index contributed by atoms with van der Waals surface area (Å²) in [5.74, 6) is -0.0210. The predicted molar refractivity (Wildman–Crippen MR) is 107 cm³/mol. The van der Waals surface area contributed by atoms with Gasteiger partial charge in [0.1, 0.15) is 16.9 Å². The summed E-state index contributed by atoms with van der Waals surface area (Å²) >= 11 is 0. The Bertz CT molecular complexity index is 1050. The van der Waals surface area contributed by atoms with Gasteiger partial charge in [0.05, 0.1) is 12.7 Å². The molecule has 0 atom stereocenters. The van der Waals surface area contributed by atoms with E-state index in [0.717, 1.165) is 31.5 Å². The van der Waals surface area contributed by atoms with E-state index in [1.807, 2.05) is 30.3 Å². The van der Waals surface area contributed by atoms with Gasteiger partial charge in [0.15, 0.2) is 16.8 Å². The smallest absolute Gasteiger partial charge is 0.205 e. The zero-order chi connectivity index (χ0) is 19.7. The van der Waals surface area contributed by atoms with Crippen molar-refractivity contribution in [1.29, 1.82) is 0 Å². The van der Waals surface area contributed by atoms with Crippen molar-refractivity contribution in [1.82, 2.24) is 4.90 Å². The van der Waals surface area contributed by atoms with Crippen LogP contribution in [0.3, 0.4) is 0 Å². The van der Waals surface area contributed by atoms with Gasteiger partial charge in [-0.3, -0.25) is 9.69 Å².